The number of aryl methyl sites for hydroxylation is 1. The number of benzene rings is 3. The van der Waals surface area contributed by atoms with Gasteiger partial charge in [-0.05, 0) is 61.4 Å². The number of anilines is 2. The molecule has 1 aromatic heterocycles. The molecule has 156 valence electrons. The van der Waals surface area contributed by atoms with Gasteiger partial charge in [0.1, 0.15) is 11.6 Å². The molecule has 4 aromatic rings. The molecule has 0 aliphatic heterocycles. The van der Waals surface area contributed by atoms with Gasteiger partial charge in [0.05, 0.1) is 12.1 Å². The lowest BCUT2D eigenvalue weighted by Crippen LogP contribution is -2.25. The van der Waals surface area contributed by atoms with Crippen molar-refractivity contribution in [2.24, 2.45) is 0 Å². The number of aromatic nitrogens is 2. The van der Waals surface area contributed by atoms with Crippen LogP contribution in [0.4, 0.5) is 11.5 Å². The molecule has 1 amide bonds. The Morgan fingerprint density at radius 3 is 2.55 bits per heavy atom. The highest BCUT2D eigenvalue weighted by Crippen LogP contribution is 2.24. The average molecular weight is 412 g/mol. The lowest BCUT2D eigenvalue weighted by molar-refractivity contribution is 0.0941. The van der Waals surface area contributed by atoms with E-state index >= 15 is 0 Å². The Bertz CT molecular complexity index is 1210. The van der Waals surface area contributed by atoms with Gasteiger partial charge in [-0.25, -0.2) is 9.97 Å². The molecule has 0 bridgehead atoms. The minimum Gasteiger partial charge on any atom is -0.494 e. The molecule has 1 heterocycles. The van der Waals surface area contributed by atoms with E-state index in [-0.39, 0.29) is 11.7 Å². The van der Waals surface area contributed by atoms with E-state index in [1.807, 2.05) is 86.6 Å². The predicted octanol–water partition coefficient (Wildman–Crippen LogP) is 5.01. The van der Waals surface area contributed by atoms with E-state index in [0.29, 0.717) is 24.5 Å². The molecular weight excluding hydrogens is 388 g/mol. The van der Waals surface area contributed by atoms with Crippen molar-refractivity contribution in [2.75, 3.05) is 11.9 Å². The lowest BCUT2D eigenvalue weighted by atomic mass is 10.2. The molecule has 0 aliphatic carbocycles. The van der Waals surface area contributed by atoms with Crippen molar-refractivity contribution >= 4 is 28.3 Å². The molecule has 0 fully saturated rings. The molecule has 31 heavy (non-hydrogen) atoms. The molecule has 0 unspecified atom stereocenters. The summed E-state index contributed by atoms with van der Waals surface area (Å²) < 4.78 is 5.45. The van der Waals surface area contributed by atoms with Crippen molar-refractivity contribution in [1.82, 2.24) is 15.3 Å². The van der Waals surface area contributed by atoms with Gasteiger partial charge in [-0.3, -0.25) is 4.79 Å². The molecule has 0 saturated carbocycles. The number of nitrogens with zero attached hydrogens (tertiary/aromatic N) is 2. The average Bonchev–Trinajstić information content (AvgIpc) is 2.78. The quantitative estimate of drug-likeness (QED) is 0.446. The van der Waals surface area contributed by atoms with Crippen LogP contribution in [0.5, 0.6) is 5.75 Å². The zero-order valence-electron chi connectivity index (χ0n) is 17.6. The number of hydrogen-bond donors (Lipinski definition) is 2. The molecule has 0 atom stereocenters. The van der Waals surface area contributed by atoms with Crippen molar-refractivity contribution in [3.05, 3.63) is 89.7 Å². The second kappa shape index (κ2) is 9.26. The van der Waals surface area contributed by atoms with Crippen LogP contribution < -0.4 is 15.4 Å². The number of nitrogens with one attached hydrogen (secondary N) is 2. The summed E-state index contributed by atoms with van der Waals surface area (Å²) in [7, 11) is 0. The van der Waals surface area contributed by atoms with Crippen molar-refractivity contribution < 1.29 is 9.53 Å². The zero-order chi connectivity index (χ0) is 21.6. The maximum Gasteiger partial charge on any atom is 0.289 e. The summed E-state index contributed by atoms with van der Waals surface area (Å²) in [5.41, 5.74) is 3.72. The summed E-state index contributed by atoms with van der Waals surface area (Å²) >= 11 is 0. The molecule has 0 aliphatic rings. The number of hydrogen-bond acceptors (Lipinski definition) is 5. The van der Waals surface area contributed by atoms with Gasteiger partial charge in [-0.1, -0.05) is 36.4 Å². The normalized spacial score (nSPS) is 10.6. The van der Waals surface area contributed by atoms with E-state index in [1.165, 1.54) is 0 Å². The minimum atomic E-state index is -0.327. The van der Waals surface area contributed by atoms with Crippen molar-refractivity contribution in [1.29, 1.82) is 0 Å². The van der Waals surface area contributed by atoms with E-state index < -0.39 is 0 Å². The molecule has 0 saturated heterocycles. The van der Waals surface area contributed by atoms with E-state index in [1.54, 1.807) is 0 Å². The Balaban J connectivity index is 1.56. The van der Waals surface area contributed by atoms with Crippen LogP contribution in [0.25, 0.3) is 10.9 Å². The first-order valence-electron chi connectivity index (χ1n) is 10.2. The first-order valence-corrected chi connectivity index (χ1v) is 10.2. The number of fused-ring (bicyclic) bond motifs is 1. The van der Waals surface area contributed by atoms with E-state index in [2.05, 4.69) is 20.6 Å². The maximum absolute atomic E-state index is 12.8. The van der Waals surface area contributed by atoms with Gasteiger partial charge in [-0.2, -0.15) is 0 Å². The fourth-order valence-corrected chi connectivity index (χ4v) is 3.26. The maximum atomic E-state index is 12.8. The summed E-state index contributed by atoms with van der Waals surface area (Å²) in [5, 5.41) is 7.08. The van der Waals surface area contributed by atoms with Crippen molar-refractivity contribution in [3.63, 3.8) is 0 Å². The number of rotatable bonds is 7. The highest BCUT2D eigenvalue weighted by atomic mass is 16.5. The van der Waals surface area contributed by atoms with Gasteiger partial charge < -0.3 is 15.4 Å². The van der Waals surface area contributed by atoms with Gasteiger partial charge in [0.15, 0.2) is 0 Å². The van der Waals surface area contributed by atoms with Crippen LogP contribution in [0, 0.1) is 6.92 Å². The summed E-state index contributed by atoms with van der Waals surface area (Å²) in [5.74, 6) is 1.21. The Morgan fingerprint density at radius 1 is 0.968 bits per heavy atom. The summed E-state index contributed by atoms with van der Waals surface area (Å²) in [4.78, 5) is 21.8. The van der Waals surface area contributed by atoms with Crippen LogP contribution in [-0.4, -0.2) is 22.5 Å². The Morgan fingerprint density at radius 2 is 1.77 bits per heavy atom. The molecule has 6 nitrogen and oxygen atoms in total. The standard InChI is InChI=1S/C25H24N4O2/c1-3-31-20-13-11-18(12-14-20)16-26-25(30)24-28-22-10-5-4-9-21(22)23(29-24)27-19-8-6-7-17(2)15-19/h4-15H,3,16H2,1-2H3,(H,26,30)(H,27,28,29). The highest BCUT2D eigenvalue weighted by Gasteiger charge is 2.14. The molecule has 4 rings (SSSR count). The fourth-order valence-electron chi connectivity index (χ4n) is 3.26. The lowest BCUT2D eigenvalue weighted by Gasteiger charge is -2.12. The summed E-state index contributed by atoms with van der Waals surface area (Å²) in [6.07, 6.45) is 0. The zero-order valence-corrected chi connectivity index (χ0v) is 17.6. The molecule has 0 spiro atoms. The highest BCUT2D eigenvalue weighted by molar-refractivity contribution is 5.97. The van der Waals surface area contributed by atoms with E-state index in [0.717, 1.165) is 28.0 Å². The second-order valence-electron chi connectivity index (χ2n) is 7.17. The number of para-hydroxylation sites is 1. The van der Waals surface area contributed by atoms with Crippen LogP contribution in [0.2, 0.25) is 0 Å². The van der Waals surface area contributed by atoms with Crippen LogP contribution in [-0.2, 0) is 6.54 Å². The Labute approximate surface area is 181 Å². The summed E-state index contributed by atoms with van der Waals surface area (Å²) in [6.45, 7) is 4.97. The van der Waals surface area contributed by atoms with Crippen LogP contribution in [0.15, 0.2) is 72.8 Å². The van der Waals surface area contributed by atoms with Crippen molar-refractivity contribution in [3.8, 4) is 5.75 Å². The predicted molar refractivity (Wildman–Crippen MR) is 123 cm³/mol. The van der Waals surface area contributed by atoms with Gasteiger partial charge in [0.2, 0.25) is 5.82 Å². The van der Waals surface area contributed by atoms with Gasteiger partial charge >= 0.3 is 0 Å². The third kappa shape index (κ3) is 4.98. The van der Waals surface area contributed by atoms with Crippen LogP contribution in [0.1, 0.15) is 28.7 Å². The number of amides is 1. The third-order valence-electron chi connectivity index (χ3n) is 4.77. The fraction of sp³-hybridized carbons (Fsp3) is 0.160. The molecule has 2 N–H and O–H groups in total. The molecule has 6 heteroatoms. The first kappa shape index (κ1) is 20.3. The monoisotopic (exact) mass is 412 g/mol. The molecule has 0 radical (unpaired) electrons. The summed E-state index contributed by atoms with van der Waals surface area (Å²) in [6, 6.07) is 23.3. The number of carbonyl (C=O) groups excluding carboxylic acids is 1. The van der Waals surface area contributed by atoms with E-state index in [9.17, 15) is 4.79 Å². The van der Waals surface area contributed by atoms with Crippen LogP contribution >= 0.6 is 0 Å². The largest absolute Gasteiger partial charge is 0.494 e. The molecule has 3 aromatic carbocycles. The Kier molecular flexibility index (Phi) is 6.08. The van der Waals surface area contributed by atoms with Crippen molar-refractivity contribution in [2.45, 2.75) is 20.4 Å². The smallest absolute Gasteiger partial charge is 0.289 e. The van der Waals surface area contributed by atoms with Gasteiger partial charge in [0, 0.05) is 17.6 Å². The van der Waals surface area contributed by atoms with Gasteiger partial charge in [0.25, 0.3) is 5.91 Å². The Hall–Kier alpha value is -3.93. The van der Waals surface area contributed by atoms with Crippen LogP contribution in [0.3, 0.4) is 0 Å². The first-order chi connectivity index (χ1) is 15.1. The topological polar surface area (TPSA) is 76.1 Å². The number of ether oxygens (including phenoxy) is 1. The van der Waals surface area contributed by atoms with E-state index in [4.69, 9.17) is 4.74 Å². The molecular formula is C25H24N4O2. The minimum absolute atomic E-state index is 0.125. The SMILES string of the molecule is CCOc1ccc(CNC(=O)c2nc(Nc3cccc(C)c3)c3ccccc3n2)cc1. The van der Waals surface area contributed by atoms with Gasteiger partial charge in [-0.15, -0.1) is 0 Å². The third-order valence-corrected chi connectivity index (χ3v) is 4.77. The number of carbonyl (C=O) groups is 1. The second-order valence-corrected chi connectivity index (χ2v) is 7.17.